The fraction of sp³-hybridized carbons (Fsp3) is 0.500. The molecule has 0 saturated heterocycles. The summed E-state index contributed by atoms with van der Waals surface area (Å²) in [6.07, 6.45) is -1.37. The molecule has 4 heteroatoms. The number of ether oxygens (including phenoxy) is 2. The number of hydrogen-bond acceptors (Lipinski definition) is 4. The summed E-state index contributed by atoms with van der Waals surface area (Å²) in [5, 5.41) is 19.7. The van der Waals surface area contributed by atoms with Gasteiger partial charge in [0.25, 0.3) is 0 Å². The van der Waals surface area contributed by atoms with E-state index in [4.69, 9.17) is 9.47 Å². The Morgan fingerprint density at radius 1 is 1.12 bits per heavy atom. The van der Waals surface area contributed by atoms with E-state index in [1.807, 2.05) is 0 Å². The Morgan fingerprint density at radius 2 is 1.62 bits per heavy atom. The fourth-order valence-electron chi connectivity index (χ4n) is 1.59. The number of benzene rings is 1. The lowest BCUT2D eigenvalue weighted by Gasteiger charge is -2.21. The quantitative estimate of drug-likeness (QED) is 0.799. The van der Waals surface area contributed by atoms with Crippen molar-refractivity contribution < 1.29 is 19.7 Å². The molecule has 0 spiro atoms. The third-order valence-corrected chi connectivity index (χ3v) is 2.54. The van der Waals surface area contributed by atoms with Gasteiger partial charge in [0.2, 0.25) is 0 Å². The first kappa shape index (κ1) is 12.8. The molecule has 0 fully saturated rings. The van der Waals surface area contributed by atoms with Crippen molar-refractivity contribution in [2.45, 2.75) is 25.6 Å². The summed E-state index contributed by atoms with van der Waals surface area (Å²) in [6.45, 7) is 1.80. The first-order chi connectivity index (χ1) is 7.65. The van der Waals surface area contributed by atoms with Crippen LogP contribution in [0.4, 0.5) is 0 Å². The van der Waals surface area contributed by atoms with E-state index < -0.39 is 12.2 Å². The standard InChI is InChI=1S/C12H18O4/c1-4-8(13)12(14)11-9(15-2)6-5-7-10(11)16-3/h5-8,12-14H,4H2,1-3H3. The maximum atomic E-state index is 10.0. The number of rotatable bonds is 5. The highest BCUT2D eigenvalue weighted by Gasteiger charge is 2.24. The number of aliphatic hydroxyl groups excluding tert-OH is 2. The van der Waals surface area contributed by atoms with Gasteiger partial charge in [0.15, 0.2) is 0 Å². The number of aliphatic hydroxyl groups is 2. The highest BCUT2D eigenvalue weighted by atomic mass is 16.5. The molecule has 0 bridgehead atoms. The second-order valence-corrected chi connectivity index (χ2v) is 3.50. The van der Waals surface area contributed by atoms with Gasteiger partial charge in [-0.25, -0.2) is 0 Å². The van der Waals surface area contributed by atoms with E-state index in [0.717, 1.165) is 0 Å². The molecule has 2 unspecified atom stereocenters. The number of hydrogen-bond donors (Lipinski definition) is 2. The van der Waals surface area contributed by atoms with Gasteiger partial charge in [-0.3, -0.25) is 0 Å². The van der Waals surface area contributed by atoms with Gasteiger partial charge < -0.3 is 19.7 Å². The number of methoxy groups -OCH3 is 2. The van der Waals surface area contributed by atoms with Crippen molar-refractivity contribution in [2.75, 3.05) is 14.2 Å². The molecular formula is C12H18O4. The molecule has 1 rings (SSSR count). The predicted molar refractivity (Wildman–Crippen MR) is 60.8 cm³/mol. The second kappa shape index (κ2) is 5.72. The van der Waals surface area contributed by atoms with E-state index in [1.165, 1.54) is 14.2 Å². The topological polar surface area (TPSA) is 58.9 Å². The summed E-state index contributed by atoms with van der Waals surface area (Å²) in [5.74, 6) is 1.03. The van der Waals surface area contributed by atoms with Gasteiger partial charge in [-0.2, -0.15) is 0 Å². The Balaban J connectivity index is 3.17. The molecule has 4 nitrogen and oxygen atoms in total. The van der Waals surface area contributed by atoms with Crippen molar-refractivity contribution >= 4 is 0 Å². The van der Waals surface area contributed by atoms with Gasteiger partial charge in [0.05, 0.1) is 25.9 Å². The molecule has 0 aliphatic heterocycles. The Bertz CT molecular complexity index is 316. The summed E-state index contributed by atoms with van der Waals surface area (Å²) < 4.78 is 10.3. The smallest absolute Gasteiger partial charge is 0.128 e. The van der Waals surface area contributed by atoms with Crippen molar-refractivity contribution in [1.82, 2.24) is 0 Å². The zero-order valence-electron chi connectivity index (χ0n) is 9.80. The largest absolute Gasteiger partial charge is 0.496 e. The Labute approximate surface area is 95.4 Å². The Morgan fingerprint density at radius 3 is 2.00 bits per heavy atom. The van der Waals surface area contributed by atoms with Crippen LogP contribution in [0.15, 0.2) is 18.2 Å². The molecule has 0 amide bonds. The van der Waals surface area contributed by atoms with Crippen molar-refractivity contribution in [3.8, 4) is 11.5 Å². The summed E-state index contributed by atoms with van der Waals surface area (Å²) in [5.41, 5.74) is 0.488. The van der Waals surface area contributed by atoms with E-state index in [1.54, 1.807) is 25.1 Å². The molecular weight excluding hydrogens is 208 g/mol. The molecule has 90 valence electrons. The van der Waals surface area contributed by atoms with Crippen LogP contribution in [-0.4, -0.2) is 30.5 Å². The van der Waals surface area contributed by atoms with Crippen LogP contribution < -0.4 is 9.47 Å². The van der Waals surface area contributed by atoms with Gasteiger partial charge in [-0.1, -0.05) is 13.0 Å². The van der Waals surface area contributed by atoms with Crippen molar-refractivity contribution in [3.63, 3.8) is 0 Å². The molecule has 2 atom stereocenters. The van der Waals surface area contributed by atoms with Crippen molar-refractivity contribution in [1.29, 1.82) is 0 Å². The lowest BCUT2D eigenvalue weighted by Crippen LogP contribution is -2.18. The average molecular weight is 226 g/mol. The van der Waals surface area contributed by atoms with E-state index in [-0.39, 0.29) is 0 Å². The monoisotopic (exact) mass is 226 g/mol. The van der Waals surface area contributed by atoms with Crippen LogP contribution in [0.25, 0.3) is 0 Å². The summed E-state index contributed by atoms with van der Waals surface area (Å²) >= 11 is 0. The van der Waals surface area contributed by atoms with E-state index >= 15 is 0 Å². The molecule has 0 aliphatic carbocycles. The third kappa shape index (κ3) is 2.46. The van der Waals surface area contributed by atoms with Gasteiger partial charge in [-0.05, 0) is 18.6 Å². The highest BCUT2D eigenvalue weighted by molar-refractivity contribution is 5.46. The van der Waals surface area contributed by atoms with Crippen LogP contribution in [0.3, 0.4) is 0 Å². The van der Waals surface area contributed by atoms with Crippen LogP contribution in [0.2, 0.25) is 0 Å². The zero-order chi connectivity index (χ0) is 12.1. The summed E-state index contributed by atoms with van der Waals surface area (Å²) in [4.78, 5) is 0. The van der Waals surface area contributed by atoms with Gasteiger partial charge >= 0.3 is 0 Å². The molecule has 1 aromatic rings. The molecule has 0 radical (unpaired) electrons. The molecule has 0 saturated carbocycles. The second-order valence-electron chi connectivity index (χ2n) is 3.50. The minimum absolute atomic E-state index is 0.461. The van der Waals surface area contributed by atoms with E-state index in [2.05, 4.69) is 0 Å². The Kier molecular flexibility index (Phi) is 4.58. The molecule has 16 heavy (non-hydrogen) atoms. The minimum Gasteiger partial charge on any atom is -0.496 e. The third-order valence-electron chi connectivity index (χ3n) is 2.54. The van der Waals surface area contributed by atoms with Gasteiger partial charge in [0, 0.05) is 0 Å². The highest BCUT2D eigenvalue weighted by Crippen LogP contribution is 2.35. The first-order valence-corrected chi connectivity index (χ1v) is 5.22. The van der Waals surface area contributed by atoms with Crippen molar-refractivity contribution in [2.24, 2.45) is 0 Å². The lowest BCUT2D eigenvalue weighted by molar-refractivity contribution is 0.0137. The van der Waals surface area contributed by atoms with Crippen LogP contribution >= 0.6 is 0 Å². The maximum Gasteiger partial charge on any atom is 0.128 e. The van der Waals surface area contributed by atoms with Crippen LogP contribution in [0, 0.1) is 0 Å². The lowest BCUT2D eigenvalue weighted by atomic mass is 10.0. The molecule has 0 heterocycles. The van der Waals surface area contributed by atoms with Crippen LogP contribution in [0.5, 0.6) is 11.5 Å². The Hall–Kier alpha value is -1.26. The van der Waals surface area contributed by atoms with Crippen LogP contribution in [0.1, 0.15) is 25.0 Å². The predicted octanol–water partition coefficient (Wildman–Crippen LogP) is 1.51. The SMILES string of the molecule is CCC(O)C(O)c1c(OC)cccc1OC. The molecule has 2 N–H and O–H groups in total. The van der Waals surface area contributed by atoms with E-state index in [0.29, 0.717) is 23.5 Å². The summed E-state index contributed by atoms with van der Waals surface area (Å²) in [7, 11) is 3.03. The maximum absolute atomic E-state index is 10.0. The summed E-state index contributed by atoms with van der Waals surface area (Å²) in [6, 6.07) is 5.22. The van der Waals surface area contributed by atoms with Crippen molar-refractivity contribution in [3.05, 3.63) is 23.8 Å². The molecule has 1 aromatic carbocycles. The molecule has 0 aromatic heterocycles. The zero-order valence-corrected chi connectivity index (χ0v) is 9.80. The van der Waals surface area contributed by atoms with Gasteiger partial charge in [0.1, 0.15) is 17.6 Å². The van der Waals surface area contributed by atoms with Gasteiger partial charge in [-0.15, -0.1) is 0 Å². The fourth-order valence-corrected chi connectivity index (χ4v) is 1.59. The average Bonchev–Trinajstić information content (AvgIpc) is 2.35. The molecule has 0 aliphatic rings. The van der Waals surface area contributed by atoms with E-state index in [9.17, 15) is 10.2 Å². The minimum atomic E-state index is -1.00. The normalized spacial score (nSPS) is 14.3. The van der Waals surface area contributed by atoms with Crippen LogP contribution in [-0.2, 0) is 0 Å². The first-order valence-electron chi connectivity index (χ1n) is 5.22.